The number of aliphatic imine (C=N–C) groups is 1. The van der Waals surface area contributed by atoms with E-state index in [-0.39, 0.29) is 17.4 Å². The first-order valence-corrected chi connectivity index (χ1v) is 7.48. The van der Waals surface area contributed by atoms with Gasteiger partial charge in [-0.05, 0) is 25.3 Å². The van der Waals surface area contributed by atoms with Crippen molar-refractivity contribution in [2.45, 2.75) is 32.1 Å². The quantitative estimate of drug-likeness (QED) is 0.618. The van der Waals surface area contributed by atoms with Crippen molar-refractivity contribution in [2.24, 2.45) is 10.9 Å². The number of non-ortho nitro benzene ring substituents is 1. The van der Waals surface area contributed by atoms with E-state index in [2.05, 4.69) is 11.1 Å². The molecule has 6 nitrogen and oxygen atoms in total. The number of allylic oxidation sites excluding steroid dienone is 2. The van der Waals surface area contributed by atoms with E-state index in [9.17, 15) is 20.2 Å². The fourth-order valence-electron chi connectivity index (χ4n) is 3.34. The van der Waals surface area contributed by atoms with Gasteiger partial charge in [0.15, 0.2) is 5.78 Å². The monoisotopic (exact) mass is 309 g/mol. The number of ketones is 1. The van der Waals surface area contributed by atoms with E-state index >= 15 is 0 Å². The van der Waals surface area contributed by atoms with Crippen LogP contribution in [0.2, 0.25) is 0 Å². The van der Waals surface area contributed by atoms with E-state index in [4.69, 9.17) is 0 Å². The van der Waals surface area contributed by atoms with E-state index in [1.165, 1.54) is 12.1 Å². The maximum absolute atomic E-state index is 12.4. The fraction of sp³-hybridized carbons (Fsp3) is 0.353. The van der Waals surface area contributed by atoms with E-state index in [1.54, 1.807) is 19.1 Å². The van der Waals surface area contributed by atoms with Crippen molar-refractivity contribution in [1.29, 1.82) is 5.26 Å². The minimum atomic E-state index is -0.516. The Labute approximate surface area is 133 Å². The molecule has 2 atom stereocenters. The minimum Gasteiger partial charge on any atom is -0.294 e. The Morgan fingerprint density at radius 1 is 1.30 bits per heavy atom. The third kappa shape index (κ3) is 2.55. The van der Waals surface area contributed by atoms with Crippen LogP contribution in [0.25, 0.3) is 0 Å². The molecule has 0 fully saturated rings. The summed E-state index contributed by atoms with van der Waals surface area (Å²) in [5.41, 5.74) is 2.83. The smallest absolute Gasteiger partial charge is 0.269 e. The van der Waals surface area contributed by atoms with Gasteiger partial charge in [0.05, 0.1) is 16.9 Å². The number of nitro groups is 1. The normalized spacial score (nSPS) is 23.8. The van der Waals surface area contributed by atoms with Gasteiger partial charge >= 0.3 is 0 Å². The van der Waals surface area contributed by atoms with Gasteiger partial charge < -0.3 is 0 Å². The lowest BCUT2D eigenvalue weighted by atomic mass is 9.72. The van der Waals surface area contributed by atoms with Crippen LogP contribution in [0, 0.1) is 27.4 Å². The number of hydrogen-bond donors (Lipinski definition) is 0. The summed E-state index contributed by atoms with van der Waals surface area (Å²) in [4.78, 5) is 27.2. The third-order valence-corrected chi connectivity index (χ3v) is 4.44. The lowest BCUT2D eigenvalue weighted by Gasteiger charge is -2.32. The van der Waals surface area contributed by atoms with Crippen LogP contribution in [0.1, 0.15) is 37.7 Å². The standard InChI is InChI=1S/C17H15N3O3/c1-10-13(9-18)16(11-5-7-12(8-6-11)20(22)23)17-14(19-10)3-2-4-15(17)21/h5-8,13,16H,2-4H2,1H3. The predicted octanol–water partition coefficient (Wildman–Crippen LogP) is 3.30. The Morgan fingerprint density at radius 2 is 2.00 bits per heavy atom. The number of nitrogens with zero attached hydrogens (tertiary/aromatic N) is 3. The molecule has 0 radical (unpaired) electrons. The van der Waals surface area contributed by atoms with Crippen LogP contribution in [0.3, 0.4) is 0 Å². The molecule has 116 valence electrons. The van der Waals surface area contributed by atoms with Crippen molar-refractivity contribution in [3.8, 4) is 6.07 Å². The van der Waals surface area contributed by atoms with Crippen LogP contribution in [-0.4, -0.2) is 16.4 Å². The maximum atomic E-state index is 12.4. The topological polar surface area (TPSA) is 96.4 Å². The summed E-state index contributed by atoms with van der Waals surface area (Å²) in [5, 5.41) is 20.4. The molecule has 0 saturated heterocycles. The molecule has 0 bridgehead atoms. The van der Waals surface area contributed by atoms with Gasteiger partial charge in [-0.2, -0.15) is 5.26 Å². The molecule has 2 aliphatic rings. The van der Waals surface area contributed by atoms with Crippen LogP contribution in [0.4, 0.5) is 5.69 Å². The number of rotatable bonds is 2. The first kappa shape index (κ1) is 15.1. The van der Waals surface area contributed by atoms with Crippen molar-refractivity contribution in [1.82, 2.24) is 0 Å². The third-order valence-electron chi connectivity index (χ3n) is 4.44. The van der Waals surface area contributed by atoms with Crippen LogP contribution >= 0.6 is 0 Å². The van der Waals surface area contributed by atoms with E-state index in [0.717, 1.165) is 24.1 Å². The van der Waals surface area contributed by atoms with Gasteiger partial charge in [-0.25, -0.2) is 0 Å². The van der Waals surface area contributed by atoms with Crippen LogP contribution in [0.5, 0.6) is 0 Å². The Balaban J connectivity index is 2.12. The maximum Gasteiger partial charge on any atom is 0.269 e. The molecule has 0 saturated carbocycles. The van der Waals surface area contributed by atoms with Gasteiger partial charge in [-0.15, -0.1) is 0 Å². The minimum absolute atomic E-state index is 0.00682. The molecule has 23 heavy (non-hydrogen) atoms. The number of carbonyl (C=O) groups excluding carboxylic acids is 1. The van der Waals surface area contributed by atoms with E-state index in [0.29, 0.717) is 17.7 Å². The Hall–Kier alpha value is -2.81. The second-order valence-electron chi connectivity index (χ2n) is 5.82. The Bertz CT molecular complexity index is 784. The fourth-order valence-corrected chi connectivity index (χ4v) is 3.34. The molecular formula is C17H15N3O3. The Morgan fingerprint density at radius 3 is 2.61 bits per heavy atom. The highest BCUT2D eigenvalue weighted by molar-refractivity contribution is 6.02. The van der Waals surface area contributed by atoms with Gasteiger partial charge in [-0.1, -0.05) is 12.1 Å². The van der Waals surface area contributed by atoms with Gasteiger partial charge in [-0.3, -0.25) is 19.9 Å². The van der Waals surface area contributed by atoms with E-state index < -0.39 is 10.8 Å². The molecule has 1 aliphatic carbocycles. The second kappa shape index (κ2) is 5.76. The molecule has 1 heterocycles. The zero-order valence-corrected chi connectivity index (χ0v) is 12.7. The van der Waals surface area contributed by atoms with Gasteiger partial charge in [0.25, 0.3) is 5.69 Å². The number of carbonyl (C=O) groups is 1. The lowest BCUT2D eigenvalue weighted by Crippen LogP contribution is -2.30. The first-order valence-electron chi connectivity index (χ1n) is 7.48. The SMILES string of the molecule is CC1=NC2=C(C(=O)CCC2)C(c2ccc([N+](=O)[O-])cc2)C1C#N. The average Bonchev–Trinajstić information content (AvgIpc) is 2.54. The highest BCUT2D eigenvalue weighted by atomic mass is 16.6. The zero-order chi connectivity index (χ0) is 16.6. The molecule has 0 N–H and O–H groups in total. The number of nitriles is 1. The van der Waals surface area contributed by atoms with Gasteiger partial charge in [0.2, 0.25) is 0 Å². The van der Waals surface area contributed by atoms with Crippen LogP contribution in [0.15, 0.2) is 40.5 Å². The summed E-state index contributed by atoms with van der Waals surface area (Å²) >= 11 is 0. The molecule has 0 amide bonds. The van der Waals surface area contributed by atoms with Crippen molar-refractivity contribution < 1.29 is 9.72 Å². The number of benzene rings is 1. The second-order valence-corrected chi connectivity index (χ2v) is 5.82. The van der Waals surface area contributed by atoms with E-state index in [1.807, 2.05) is 0 Å². The molecule has 6 heteroatoms. The predicted molar refractivity (Wildman–Crippen MR) is 83.9 cm³/mol. The van der Waals surface area contributed by atoms with Crippen LogP contribution in [-0.2, 0) is 4.79 Å². The number of hydrogen-bond acceptors (Lipinski definition) is 5. The zero-order valence-electron chi connectivity index (χ0n) is 12.7. The number of nitro benzene ring substituents is 1. The van der Waals surface area contributed by atoms with Crippen molar-refractivity contribution in [3.63, 3.8) is 0 Å². The molecular weight excluding hydrogens is 294 g/mol. The molecule has 0 spiro atoms. The molecule has 3 rings (SSSR count). The molecule has 2 unspecified atom stereocenters. The summed E-state index contributed by atoms with van der Waals surface area (Å²) in [6, 6.07) is 8.35. The molecule has 1 aromatic rings. The van der Waals surface area contributed by atoms with Gasteiger partial charge in [0, 0.05) is 41.5 Å². The highest BCUT2D eigenvalue weighted by Crippen LogP contribution is 2.43. The first-order chi connectivity index (χ1) is 11.0. The number of Topliss-reactive ketones (excluding diaryl/α,β-unsaturated/α-hetero) is 1. The summed E-state index contributed by atoms with van der Waals surface area (Å²) < 4.78 is 0. The average molecular weight is 309 g/mol. The van der Waals surface area contributed by atoms with Crippen molar-refractivity contribution in [2.75, 3.05) is 0 Å². The largest absolute Gasteiger partial charge is 0.294 e. The van der Waals surface area contributed by atoms with Crippen LogP contribution < -0.4 is 0 Å². The molecule has 1 aromatic carbocycles. The molecule has 1 aliphatic heterocycles. The van der Waals surface area contributed by atoms with Gasteiger partial charge in [0.1, 0.15) is 0 Å². The summed E-state index contributed by atoms with van der Waals surface area (Å²) in [6.45, 7) is 1.80. The summed E-state index contributed by atoms with van der Waals surface area (Å²) in [6.07, 6.45) is 1.98. The van der Waals surface area contributed by atoms with Crippen molar-refractivity contribution in [3.05, 3.63) is 51.2 Å². The Kier molecular flexibility index (Phi) is 3.78. The summed E-state index contributed by atoms with van der Waals surface area (Å²) in [5.74, 6) is -0.871. The van der Waals surface area contributed by atoms with Crippen molar-refractivity contribution >= 4 is 17.2 Å². The lowest BCUT2D eigenvalue weighted by molar-refractivity contribution is -0.384. The summed E-state index contributed by atoms with van der Waals surface area (Å²) in [7, 11) is 0. The molecule has 0 aromatic heterocycles. The highest BCUT2D eigenvalue weighted by Gasteiger charge is 2.38.